The Balaban J connectivity index is 1.81. The van der Waals surface area contributed by atoms with E-state index >= 15 is 0 Å². The number of nitrogens with one attached hydrogen (secondary N) is 2. The summed E-state index contributed by atoms with van der Waals surface area (Å²) in [5.41, 5.74) is -0.694. The lowest BCUT2D eigenvalue weighted by Gasteiger charge is -2.32. The number of hydrogen-bond donors (Lipinski definition) is 3. The second kappa shape index (κ2) is 4.01. The molecule has 0 radical (unpaired) electrons. The van der Waals surface area contributed by atoms with E-state index < -0.39 is 11.8 Å². The highest BCUT2D eigenvalue weighted by molar-refractivity contribution is 9.10. The Bertz CT molecular complexity index is 660. The molecule has 0 spiro atoms. The second-order valence-corrected chi connectivity index (χ2v) is 6.54. The summed E-state index contributed by atoms with van der Waals surface area (Å²) in [6, 6.07) is 2.39. The van der Waals surface area contributed by atoms with Crippen molar-refractivity contribution in [2.75, 3.05) is 6.54 Å². The van der Waals surface area contributed by atoms with Crippen LogP contribution in [0.5, 0.6) is 0 Å². The molecule has 1 aliphatic carbocycles. The van der Waals surface area contributed by atoms with Gasteiger partial charge >= 0.3 is 6.03 Å². The minimum Gasteiger partial charge on any atom is -0.368 e. The molecular formula is C13H15BrN4O3. The zero-order valence-corrected chi connectivity index (χ0v) is 12.9. The van der Waals surface area contributed by atoms with Gasteiger partial charge in [-0.25, -0.2) is 4.79 Å². The fourth-order valence-corrected chi connectivity index (χ4v) is 4.55. The number of aliphatic hydroxyl groups is 1. The number of amides is 3. The molecular weight excluding hydrogens is 340 g/mol. The van der Waals surface area contributed by atoms with Crippen LogP contribution in [0.4, 0.5) is 4.79 Å². The van der Waals surface area contributed by atoms with E-state index in [4.69, 9.17) is 0 Å². The van der Waals surface area contributed by atoms with Crippen LogP contribution in [0.3, 0.4) is 0 Å². The number of rotatable bonds is 1. The monoisotopic (exact) mass is 354 g/mol. The Morgan fingerprint density at radius 3 is 2.90 bits per heavy atom. The largest absolute Gasteiger partial charge is 0.368 e. The lowest BCUT2D eigenvalue weighted by atomic mass is 10.1. The van der Waals surface area contributed by atoms with Gasteiger partial charge in [0.2, 0.25) is 0 Å². The highest BCUT2D eigenvalue weighted by atomic mass is 79.9. The number of halogens is 1. The number of urea groups is 1. The summed E-state index contributed by atoms with van der Waals surface area (Å²) in [5, 5.41) is 16.7. The first-order valence-electron chi connectivity index (χ1n) is 6.95. The van der Waals surface area contributed by atoms with Gasteiger partial charge in [0.1, 0.15) is 11.7 Å². The molecule has 1 aromatic heterocycles. The minimum absolute atomic E-state index is 0.0910. The van der Waals surface area contributed by atoms with Crippen molar-refractivity contribution >= 4 is 27.9 Å². The van der Waals surface area contributed by atoms with E-state index in [9.17, 15) is 14.7 Å². The zero-order chi connectivity index (χ0) is 14.9. The number of nitrogens with zero attached hydrogens (tertiary/aromatic N) is 2. The Labute approximate surface area is 129 Å². The van der Waals surface area contributed by atoms with E-state index in [0.717, 1.165) is 4.60 Å². The smallest absolute Gasteiger partial charge is 0.320 e. The van der Waals surface area contributed by atoms with Gasteiger partial charge in [-0.2, -0.15) is 0 Å². The van der Waals surface area contributed by atoms with Crippen molar-refractivity contribution < 1.29 is 14.7 Å². The molecule has 3 aliphatic rings. The van der Waals surface area contributed by atoms with Crippen LogP contribution < -0.4 is 10.6 Å². The Kier molecular flexibility index (Phi) is 2.51. The van der Waals surface area contributed by atoms with E-state index in [-0.39, 0.29) is 24.0 Å². The third-order valence-corrected chi connectivity index (χ3v) is 5.47. The quantitative estimate of drug-likeness (QED) is 0.682. The van der Waals surface area contributed by atoms with E-state index in [0.29, 0.717) is 18.7 Å². The molecule has 0 aromatic carbocycles. The zero-order valence-electron chi connectivity index (χ0n) is 11.3. The first kappa shape index (κ1) is 13.1. The summed E-state index contributed by atoms with van der Waals surface area (Å²) in [4.78, 5) is 25.6. The fourth-order valence-electron chi connectivity index (χ4n) is 3.96. The minimum atomic E-state index is -1.26. The molecule has 3 N–H and O–H groups in total. The van der Waals surface area contributed by atoms with Crippen LogP contribution in [0.15, 0.2) is 16.7 Å². The van der Waals surface area contributed by atoms with Gasteiger partial charge in [0.25, 0.3) is 5.91 Å². The molecule has 1 saturated carbocycles. The Hall–Kier alpha value is -1.54. The molecule has 3 amide bonds. The van der Waals surface area contributed by atoms with Crippen LogP contribution >= 0.6 is 15.9 Å². The van der Waals surface area contributed by atoms with Crippen molar-refractivity contribution in [2.45, 2.75) is 37.2 Å². The Morgan fingerprint density at radius 2 is 2.19 bits per heavy atom. The molecule has 112 valence electrons. The number of carbonyl (C=O) groups excluding carboxylic acids is 2. The van der Waals surface area contributed by atoms with Gasteiger partial charge in [0, 0.05) is 13.0 Å². The van der Waals surface area contributed by atoms with Crippen LogP contribution in [-0.4, -0.2) is 50.9 Å². The molecule has 4 rings (SSSR count). The molecule has 21 heavy (non-hydrogen) atoms. The number of aromatic nitrogens is 1. The summed E-state index contributed by atoms with van der Waals surface area (Å²) in [7, 11) is 0. The number of likely N-dealkylation sites (N-methyl/N-ethyl adjacent to an activating group) is 1. The van der Waals surface area contributed by atoms with E-state index in [2.05, 4.69) is 26.6 Å². The maximum Gasteiger partial charge on any atom is 0.320 e. The maximum absolute atomic E-state index is 12.2. The van der Waals surface area contributed by atoms with E-state index in [1.54, 1.807) is 6.07 Å². The van der Waals surface area contributed by atoms with Gasteiger partial charge in [-0.15, -0.1) is 0 Å². The van der Waals surface area contributed by atoms with Crippen LogP contribution in [0, 0.1) is 0 Å². The third kappa shape index (κ3) is 1.46. The molecule has 8 heteroatoms. The first-order chi connectivity index (χ1) is 9.97. The van der Waals surface area contributed by atoms with Crippen molar-refractivity contribution in [1.29, 1.82) is 0 Å². The first-order valence-corrected chi connectivity index (χ1v) is 7.74. The van der Waals surface area contributed by atoms with Gasteiger partial charge in [-0.3, -0.25) is 9.69 Å². The van der Waals surface area contributed by atoms with Crippen LogP contribution in [0.2, 0.25) is 0 Å². The molecule has 7 nitrogen and oxygen atoms in total. The SMILES string of the molecule is CCN1C(=O)NC2C3NC(=O)c4ccc(Br)n4C3CC21O. The highest BCUT2D eigenvalue weighted by Crippen LogP contribution is 2.46. The average molecular weight is 355 g/mol. The van der Waals surface area contributed by atoms with Crippen LogP contribution in [0.25, 0.3) is 0 Å². The average Bonchev–Trinajstić information content (AvgIpc) is 3.00. The van der Waals surface area contributed by atoms with E-state index in [1.807, 2.05) is 17.6 Å². The van der Waals surface area contributed by atoms with Crippen molar-refractivity contribution in [3.05, 3.63) is 22.4 Å². The topological polar surface area (TPSA) is 86.6 Å². The molecule has 4 unspecified atom stereocenters. The van der Waals surface area contributed by atoms with Gasteiger partial charge < -0.3 is 20.3 Å². The molecule has 4 atom stereocenters. The molecule has 3 heterocycles. The molecule has 2 aliphatic heterocycles. The van der Waals surface area contributed by atoms with Gasteiger partial charge in [0.15, 0.2) is 5.72 Å². The van der Waals surface area contributed by atoms with Crippen molar-refractivity contribution in [3.63, 3.8) is 0 Å². The van der Waals surface area contributed by atoms with E-state index in [1.165, 1.54) is 4.90 Å². The third-order valence-electron chi connectivity index (χ3n) is 4.82. The number of hydrogen-bond acceptors (Lipinski definition) is 3. The summed E-state index contributed by atoms with van der Waals surface area (Å²) >= 11 is 3.46. The molecule has 0 bridgehead atoms. The van der Waals surface area contributed by atoms with Crippen molar-refractivity contribution in [1.82, 2.24) is 20.1 Å². The van der Waals surface area contributed by atoms with Crippen LogP contribution in [-0.2, 0) is 0 Å². The summed E-state index contributed by atoms with van der Waals surface area (Å²) in [6.07, 6.45) is 0.384. The summed E-state index contributed by atoms with van der Waals surface area (Å²) in [5.74, 6) is -0.185. The lowest BCUT2D eigenvalue weighted by molar-refractivity contribution is -0.0655. The normalized spacial score (nSPS) is 36.9. The summed E-state index contributed by atoms with van der Waals surface area (Å²) in [6.45, 7) is 2.25. The summed E-state index contributed by atoms with van der Waals surface area (Å²) < 4.78 is 2.71. The predicted molar refractivity (Wildman–Crippen MR) is 76.7 cm³/mol. The van der Waals surface area contributed by atoms with Gasteiger partial charge in [0.05, 0.1) is 16.7 Å². The lowest BCUT2D eigenvalue weighted by Crippen LogP contribution is -2.56. The van der Waals surface area contributed by atoms with Gasteiger partial charge in [-0.1, -0.05) is 0 Å². The highest BCUT2D eigenvalue weighted by Gasteiger charge is 2.64. The second-order valence-electron chi connectivity index (χ2n) is 5.73. The fraction of sp³-hybridized carbons (Fsp3) is 0.538. The Morgan fingerprint density at radius 1 is 1.43 bits per heavy atom. The standard InChI is InChI=1S/C13H15BrN4O3/c1-2-17-12(20)16-10-9-7(5-13(10,17)21)18-6(11(19)15-9)3-4-8(18)14/h3-4,7,9-10,21H,2,5H2,1H3,(H,15,19)(H,16,20). The molecule has 1 saturated heterocycles. The number of carbonyl (C=O) groups is 2. The molecule has 1 aromatic rings. The maximum atomic E-state index is 12.2. The van der Waals surface area contributed by atoms with Crippen molar-refractivity contribution in [2.24, 2.45) is 0 Å². The van der Waals surface area contributed by atoms with Crippen LogP contribution in [0.1, 0.15) is 29.9 Å². The van der Waals surface area contributed by atoms with Crippen molar-refractivity contribution in [3.8, 4) is 0 Å². The predicted octanol–water partition coefficient (Wildman–Crippen LogP) is 0.410. The number of fused-ring (bicyclic) bond motifs is 5. The molecule has 2 fully saturated rings. The van der Waals surface area contributed by atoms with Gasteiger partial charge in [-0.05, 0) is 35.0 Å².